The number of hydrogen-bond donors (Lipinski definition) is 0. The second-order valence-corrected chi connectivity index (χ2v) is 9.72. The van der Waals surface area contributed by atoms with E-state index in [4.69, 9.17) is 14.2 Å². The lowest BCUT2D eigenvalue weighted by molar-refractivity contribution is -0.133. The fourth-order valence-electron chi connectivity index (χ4n) is 4.71. The molecule has 0 unspecified atom stereocenters. The minimum absolute atomic E-state index is 0.103. The van der Waals surface area contributed by atoms with Gasteiger partial charge in [0.15, 0.2) is 18.1 Å². The third kappa shape index (κ3) is 6.81. The molecule has 1 aliphatic heterocycles. The molecule has 4 aromatic rings. The van der Waals surface area contributed by atoms with Crippen LogP contribution in [-0.4, -0.2) is 78.6 Å². The van der Waals surface area contributed by atoms with Crippen LogP contribution in [0.25, 0.3) is 11.1 Å². The van der Waals surface area contributed by atoms with E-state index in [1.807, 2.05) is 48.5 Å². The maximum Gasteiger partial charge on any atom is 0.260 e. The van der Waals surface area contributed by atoms with Gasteiger partial charge < -0.3 is 24.0 Å². The average molecular weight is 553 g/mol. The van der Waals surface area contributed by atoms with Crippen molar-refractivity contribution in [3.8, 4) is 28.4 Å². The number of carbonyl (C=O) groups excluding carboxylic acids is 2. The van der Waals surface area contributed by atoms with Gasteiger partial charge in [-0.15, -0.1) is 0 Å². The van der Waals surface area contributed by atoms with Crippen molar-refractivity contribution in [3.05, 3.63) is 102 Å². The van der Waals surface area contributed by atoms with Gasteiger partial charge in [0.25, 0.3) is 11.8 Å². The maximum atomic E-state index is 13.3. The number of rotatable bonds is 5. The summed E-state index contributed by atoms with van der Waals surface area (Å²) in [5.74, 6) is 1.44. The van der Waals surface area contributed by atoms with E-state index >= 15 is 0 Å². The monoisotopic (exact) mass is 552 g/mol. The summed E-state index contributed by atoms with van der Waals surface area (Å²) >= 11 is 0. The lowest BCUT2D eigenvalue weighted by atomic mass is 9.98. The molecule has 5 rings (SSSR count). The second-order valence-electron chi connectivity index (χ2n) is 9.72. The Hall–Kier alpha value is -4.92. The SMILES string of the molecule is COc1ccccc1OCC(=O)N1CCOc2ccc(-c3cncnc3)cc2Cc2cccc(c2)C(=O)N(C)CC1. The smallest absolute Gasteiger partial charge is 0.260 e. The minimum Gasteiger partial charge on any atom is -0.493 e. The predicted octanol–water partition coefficient (Wildman–Crippen LogP) is 4.12. The largest absolute Gasteiger partial charge is 0.493 e. The number of benzene rings is 3. The molecule has 2 bridgehead atoms. The Kier molecular flexibility index (Phi) is 8.73. The van der Waals surface area contributed by atoms with Crippen molar-refractivity contribution in [2.45, 2.75) is 6.42 Å². The van der Waals surface area contributed by atoms with Crippen LogP contribution in [0.2, 0.25) is 0 Å². The fourth-order valence-corrected chi connectivity index (χ4v) is 4.71. The number of amides is 2. The summed E-state index contributed by atoms with van der Waals surface area (Å²) in [4.78, 5) is 38.1. The summed E-state index contributed by atoms with van der Waals surface area (Å²) in [7, 11) is 3.30. The zero-order valence-corrected chi connectivity index (χ0v) is 23.2. The van der Waals surface area contributed by atoms with Crippen LogP contribution >= 0.6 is 0 Å². The number of nitrogens with zero attached hydrogens (tertiary/aromatic N) is 4. The minimum atomic E-state index is -0.214. The number of ether oxygens (including phenoxy) is 3. The van der Waals surface area contributed by atoms with Crippen LogP contribution in [0, 0.1) is 0 Å². The molecule has 1 aliphatic rings. The summed E-state index contributed by atoms with van der Waals surface area (Å²) in [5.41, 5.74) is 4.41. The number of hydrogen-bond acceptors (Lipinski definition) is 7. The Morgan fingerprint density at radius 3 is 2.51 bits per heavy atom. The Balaban J connectivity index is 1.40. The number of methoxy groups -OCH3 is 1. The first kappa shape index (κ1) is 27.6. The standard InChI is InChI=1S/C32H32N4O5/c1-35-12-13-36(31(37)21-41-30-9-4-3-8-29(30)39-2)14-15-40-28-11-10-24(27-19-33-22-34-20-27)18-26(28)17-23-6-5-7-25(16-23)32(35)38/h3-11,16,18-20,22H,12-15,17,21H2,1-2H3. The number of likely N-dealkylation sites (N-methyl/N-ethyl adjacent to an activating group) is 1. The van der Waals surface area contributed by atoms with Crippen LogP contribution in [-0.2, 0) is 11.2 Å². The molecule has 2 heterocycles. The zero-order valence-electron chi connectivity index (χ0n) is 23.2. The van der Waals surface area contributed by atoms with Crippen molar-refractivity contribution in [2.75, 3.05) is 47.0 Å². The van der Waals surface area contributed by atoms with Gasteiger partial charge in [-0.3, -0.25) is 9.59 Å². The third-order valence-corrected chi connectivity index (χ3v) is 6.97. The zero-order chi connectivity index (χ0) is 28.6. The van der Waals surface area contributed by atoms with E-state index in [1.165, 1.54) is 6.33 Å². The number of aromatic nitrogens is 2. The van der Waals surface area contributed by atoms with E-state index < -0.39 is 0 Å². The van der Waals surface area contributed by atoms with E-state index in [1.54, 1.807) is 48.5 Å². The summed E-state index contributed by atoms with van der Waals surface area (Å²) < 4.78 is 17.4. The van der Waals surface area contributed by atoms with Crippen LogP contribution in [0.15, 0.2) is 85.5 Å². The molecule has 0 aliphatic carbocycles. The topological polar surface area (TPSA) is 94.1 Å². The maximum absolute atomic E-state index is 13.3. The number of fused-ring (bicyclic) bond motifs is 3. The molecule has 3 aromatic carbocycles. The van der Waals surface area contributed by atoms with Crippen LogP contribution in [0.4, 0.5) is 0 Å². The Morgan fingerprint density at radius 1 is 0.902 bits per heavy atom. The van der Waals surface area contributed by atoms with E-state index in [2.05, 4.69) is 16.0 Å². The first-order chi connectivity index (χ1) is 20.0. The first-order valence-electron chi connectivity index (χ1n) is 13.4. The highest BCUT2D eigenvalue weighted by molar-refractivity contribution is 5.94. The van der Waals surface area contributed by atoms with Gasteiger partial charge in [0.1, 0.15) is 18.7 Å². The van der Waals surface area contributed by atoms with E-state index in [-0.39, 0.29) is 25.0 Å². The van der Waals surface area contributed by atoms with Gasteiger partial charge in [0, 0.05) is 50.1 Å². The van der Waals surface area contributed by atoms with Gasteiger partial charge in [0.2, 0.25) is 0 Å². The van der Waals surface area contributed by atoms with Crippen molar-refractivity contribution < 1.29 is 23.8 Å². The number of carbonyl (C=O) groups is 2. The molecule has 1 aromatic heterocycles. The summed E-state index contributed by atoms with van der Waals surface area (Å²) in [6.45, 7) is 1.13. The van der Waals surface area contributed by atoms with E-state index in [0.29, 0.717) is 48.9 Å². The molecule has 0 atom stereocenters. The molecule has 2 amide bonds. The van der Waals surface area contributed by atoms with Gasteiger partial charge >= 0.3 is 0 Å². The van der Waals surface area contributed by atoms with Gasteiger partial charge in [-0.1, -0.05) is 30.3 Å². The molecule has 0 radical (unpaired) electrons. The average Bonchev–Trinajstić information content (AvgIpc) is 3.01. The summed E-state index contributed by atoms with van der Waals surface area (Å²) in [5, 5.41) is 0. The van der Waals surface area contributed by atoms with E-state index in [0.717, 1.165) is 22.3 Å². The molecular formula is C32H32N4O5. The third-order valence-electron chi connectivity index (χ3n) is 6.97. The molecule has 210 valence electrons. The second kappa shape index (κ2) is 13.0. The van der Waals surface area contributed by atoms with Crippen LogP contribution in [0.3, 0.4) is 0 Å². The summed E-state index contributed by atoms with van der Waals surface area (Å²) in [6.07, 6.45) is 5.60. The summed E-state index contributed by atoms with van der Waals surface area (Å²) in [6, 6.07) is 20.8. The van der Waals surface area contributed by atoms with Gasteiger partial charge in [-0.05, 0) is 53.1 Å². The van der Waals surface area contributed by atoms with Crippen molar-refractivity contribution >= 4 is 11.8 Å². The lowest BCUT2D eigenvalue weighted by Gasteiger charge is -2.27. The fraction of sp³-hybridized carbons (Fsp3) is 0.250. The molecule has 41 heavy (non-hydrogen) atoms. The van der Waals surface area contributed by atoms with Crippen molar-refractivity contribution in [2.24, 2.45) is 0 Å². The van der Waals surface area contributed by atoms with Crippen molar-refractivity contribution in [1.82, 2.24) is 19.8 Å². The lowest BCUT2D eigenvalue weighted by Crippen LogP contribution is -2.43. The van der Waals surface area contributed by atoms with Gasteiger partial charge in [-0.25, -0.2) is 9.97 Å². The molecule has 9 heteroatoms. The van der Waals surface area contributed by atoms with Crippen LogP contribution in [0.1, 0.15) is 21.5 Å². The molecule has 9 nitrogen and oxygen atoms in total. The Morgan fingerprint density at radius 2 is 1.71 bits per heavy atom. The normalized spacial score (nSPS) is 14.0. The molecule has 0 N–H and O–H groups in total. The highest BCUT2D eigenvalue weighted by Gasteiger charge is 2.20. The van der Waals surface area contributed by atoms with Crippen molar-refractivity contribution in [1.29, 1.82) is 0 Å². The molecule has 0 spiro atoms. The van der Waals surface area contributed by atoms with Crippen LogP contribution in [0.5, 0.6) is 17.2 Å². The highest BCUT2D eigenvalue weighted by atomic mass is 16.5. The quantitative estimate of drug-likeness (QED) is 0.368. The molecule has 0 fully saturated rings. The van der Waals surface area contributed by atoms with E-state index in [9.17, 15) is 9.59 Å². The molecule has 0 saturated carbocycles. The first-order valence-corrected chi connectivity index (χ1v) is 13.4. The predicted molar refractivity (Wildman–Crippen MR) is 154 cm³/mol. The van der Waals surface area contributed by atoms with Gasteiger partial charge in [-0.2, -0.15) is 0 Å². The van der Waals surface area contributed by atoms with Crippen molar-refractivity contribution in [3.63, 3.8) is 0 Å². The number of para-hydroxylation sites is 2. The Bertz CT molecular complexity index is 1510. The van der Waals surface area contributed by atoms with Crippen LogP contribution < -0.4 is 14.2 Å². The highest BCUT2D eigenvalue weighted by Crippen LogP contribution is 2.29. The van der Waals surface area contributed by atoms with Gasteiger partial charge in [0.05, 0.1) is 13.7 Å². The Labute approximate surface area is 239 Å². The molecule has 0 saturated heterocycles. The molecular weight excluding hydrogens is 520 g/mol.